The van der Waals surface area contributed by atoms with Crippen LogP contribution in [0.2, 0.25) is 0 Å². The summed E-state index contributed by atoms with van der Waals surface area (Å²) in [6.45, 7) is 4.23. The van der Waals surface area contributed by atoms with Gasteiger partial charge in [0.1, 0.15) is 6.79 Å². The zero-order valence-corrected chi connectivity index (χ0v) is 9.08. The Bertz CT molecular complexity index is 124. The van der Waals surface area contributed by atoms with Crippen molar-refractivity contribution in [3.63, 3.8) is 0 Å². The van der Waals surface area contributed by atoms with Crippen molar-refractivity contribution in [1.29, 1.82) is 0 Å². The Kier molecular flexibility index (Phi) is 12.3. The quantitative estimate of drug-likeness (QED) is 0.335. The fraction of sp³-hybridized carbons (Fsp3) is 0.818. The van der Waals surface area contributed by atoms with E-state index in [0.29, 0.717) is 13.4 Å². The summed E-state index contributed by atoms with van der Waals surface area (Å²) < 4.78 is 10.4. The minimum absolute atomic E-state index is 0.220. The van der Waals surface area contributed by atoms with Crippen LogP contribution >= 0.6 is 0 Å². The van der Waals surface area contributed by atoms with Crippen molar-refractivity contribution < 1.29 is 14.6 Å². The van der Waals surface area contributed by atoms with E-state index in [0.717, 1.165) is 32.3 Å². The van der Waals surface area contributed by atoms with Crippen LogP contribution in [0.3, 0.4) is 0 Å². The Labute approximate surface area is 86.7 Å². The fourth-order valence-electron chi connectivity index (χ4n) is 0.885. The van der Waals surface area contributed by atoms with Crippen LogP contribution in [-0.4, -0.2) is 31.7 Å². The average molecular weight is 202 g/mol. The maximum absolute atomic E-state index is 8.49. The summed E-state index contributed by atoms with van der Waals surface area (Å²) in [5.41, 5.74) is 0. The monoisotopic (exact) mass is 202 g/mol. The van der Waals surface area contributed by atoms with Crippen molar-refractivity contribution in [2.75, 3.05) is 26.6 Å². The van der Waals surface area contributed by atoms with Crippen molar-refractivity contribution in [3.8, 4) is 0 Å². The lowest BCUT2D eigenvalue weighted by Crippen LogP contribution is -2.02. The third-order valence-corrected chi connectivity index (χ3v) is 1.70. The van der Waals surface area contributed by atoms with Gasteiger partial charge in [-0.3, -0.25) is 0 Å². The van der Waals surface area contributed by atoms with Gasteiger partial charge in [-0.05, 0) is 19.3 Å². The second-order valence-electron chi connectivity index (χ2n) is 3.06. The maximum atomic E-state index is 8.49. The van der Waals surface area contributed by atoms with Gasteiger partial charge in [0.2, 0.25) is 0 Å². The molecule has 0 atom stereocenters. The fourth-order valence-corrected chi connectivity index (χ4v) is 0.885. The highest BCUT2D eigenvalue weighted by molar-refractivity contribution is 4.80. The van der Waals surface area contributed by atoms with E-state index in [2.05, 4.69) is 6.92 Å². The molecule has 0 saturated carbocycles. The first-order valence-corrected chi connectivity index (χ1v) is 5.33. The zero-order chi connectivity index (χ0) is 10.5. The topological polar surface area (TPSA) is 38.7 Å². The molecule has 1 N–H and O–H groups in total. The van der Waals surface area contributed by atoms with Gasteiger partial charge in [0.25, 0.3) is 0 Å². The second-order valence-corrected chi connectivity index (χ2v) is 3.06. The molecule has 3 heteroatoms. The summed E-state index contributed by atoms with van der Waals surface area (Å²) in [6.07, 6.45) is 7.84. The molecule has 0 aliphatic rings. The van der Waals surface area contributed by atoms with E-state index in [1.54, 1.807) is 0 Å². The Morgan fingerprint density at radius 3 is 2.50 bits per heavy atom. The highest BCUT2D eigenvalue weighted by atomic mass is 16.7. The molecule has 0 aliphatic heterocycles. The van der Waals surface area contributed by atoms with Crippen molar-refractivity contribution in [2.24, 2.45) is 0 Å². The first-order chi connectivity index (χ1) is 6.91. The van der Waals surface area contributed by atoms with Gasteiger partial charge in [-0.1, -0.05) is 25.5 Å². The van der Waals surface area contributed by atoms with Gasteiger partial charge >= 0.3 is 0 Å². The number of unbranched alkanes of at least 4 members (excludes halogenated alkanes) is 1. The number of aliphatic hydroxyl groups is 1. The lowest BCUT2D eigenvalue weighted by Gasteiger charge is -2.03. The van der Waals surface area contributed by atoms with E-state index in [4.69, 9.17) is 14.6 Å². The van der Waals surface area contributed by atoms with E-state index in [1.165, 1.54) is 0 Å². The summed E-state index contributed by atoms with van der Waals surface area (Å²) in [6, 6.07) is 0. The molecule has 0 aromatic carbocycles. The van der Waals surface area contributed by atoms with Gasteiger partial charge in [0, 0.05) is 13.2 Å². The van der Waals surface area contributed by atoms with Crippen LogP contribution in [0, 0.1) is 0 Å². The summed E-state index contributed by atoms with van der Waals surface area (Å²) in [5.74, 6) is 0. The average Bonchev–Trinajstić information content (AvgIpc) is 2.21. The van der Waals surface area contributed by atoms with Crippen molar-refractivity contribution in [2.45, 2.75) is 32.6 Å². The molecule has 0 spiro atoms. The van der Waals surface area contributed by atoms with Crippen LogP contribution in [0.25, 0.3) is 0 Å². The lowest BCUT2D eigenvalue weighted by atomic mass is 10.3. The van der Waals surface area contributed by atoms with Gasteiger partial charge in [-0.15, -0.1) is 0 Å². The molecular weight excluding hydrogens is 180 g/mol. The van der Waals surface area contributed by atoms with E-state index in [1.807, 2.05) is 12.2 Å². The predicted octanol–water partition coefficient (Wildman–Crippen LogP) is 2.11. The van der Waals surface area contributed by atoms with Crippen LogP contribution in [0.1, 0.15) is 32.6 Å². The number of aliphatic hydroxyl groups excluding tert-OH is 1. The molecule has 0 heterocycles. The van der Waals surface area contributed by atoms with Gasteiger partial charge in [0.05, 0.1) is 6.61 Å². The molecule has 0 fully saturated rings. The lowest BCUT2D eigenvalue weighted by molar-refractivity contribution is -0.0528. The SMILES string of the molecule is CCCCOCOCC/C=C\CCO. The molecule has 14 heavy (non-hydrogen) atoms. The van der Waals surface area contributed by atoms with Crippen molar-refractivity contribution >= 4 is 0 Å². The normalized spacial score (nSPS) is 11.3. The smallest absolute Gasteiger partial charge is 0.146 e. The van der Waals surface area contributed by atoms with E-state index in [-0.39, 0.29) is 6.61 Å². The summed E-state index contributed by atoms with van der Waals surface area (Å²) >= 11 is 0. The Morgan fingerprint density at radius 2 is 1.79 bits per heavy atom. The van der Waals surface area contributed by atoms with Gasteiger partial charge in [-0.25, -0.2) is 0 Å². The zero-order valence-electron chi connectivity index (χ0n) is 9.08. The van der Waals surface area contributed by atoms with Crippen LogP contribution < -0.4 is 0 Å². The summed E-state index contributed by atoms with van der Waals surface area (Å²) in [4.78, 5) is 0. The van der Waals surface area contributed by atoms with Gasteiger partial charge < -0.3 is 14.6 Å². The molecule has 0 aromatic heterocycles. The second kappa shape index (κ2) is 12.6. The van der Waals surface area contributed by atoms with Crippen LogP contribution in [-0.2, 0) is 9.47 Å². The number of hydrogen-bond donors (Lipinski definition) is 1. The van der Waals surface area contributed by atoms with Gasteiger partial charge in [0.15, 0.2) is 0 Å². The van der Waals surface area contributed by atoms with E-state index < -0.39 is 0 Å². The number of ether oxygens (including phenoxy) is 2. The highest BCUT2D eigenvalue weighted by Crippen LogP contribution is 1.91. The molecule has 0 rings (SSSR count). The summed E-state index contributed by atoms with van der Waals surface area (Å²) in [5, 5.41) is 8.49. The van der Waals surface area contributed by atoms with Crippen LogP contribution in [0.4, 0.5) is 0 Å². The molecular formula is C11H22O3. The first kappa shape index (κ1) is 13.6. The first-order valence-electron chi connectivity index (χ1n) is 5.33. The number of rotatable bonds is 10. The largest absolute Gasteiger partial charge is 0.396 e. The third kappa shape index (κ3) is 11.6. The minimum atomic E-state index is 0.220. The predicted molar refractivity (Wildman–Crippen MR) is 57.1 cm³/mol. The Morgan fingerprint density at radius 1 is 1.07 bits per heavy atom. The van der Waals surface area contributed by atoms with Crippen LogP contribution in [0.15, 0.2) is 12.2 Å². The molecule has 0 unspecified atom stereocenters. The standard InChI is InChI=1S/C11H22O3/c1-2-3-9-13-11-14-10-7-5-4-6-8-12/h4-5,12H,2-3,6-11H2,1H3/b5-4-. The maximum Gasteiger partial charge on any atom is 0.146 e. The highest BCUT2D eigenvalue weighted by Gasteiger charge is 1.87. The minimum Gasteiger partial charge on any atom is -0.396 e. The van der Waals surface area contributed by atoms with Crippen molar-refractivity contribution in [1.82, 2.24) is 0 Å². The molecule has 0 amide bonds. The van der Waals surface area contributed by atoms with Crippen molar-refractivity contribution in [3.05, 3.63) is 12.2 Å². The van der Waals surface area contributed by atoms with E-state index >= 15 is 0 Å². The van der Waals surface area contributed by atoms with Gasteiger partial charge in [-0.2, -0.15) is 0 Å². The molecule has 0 radical (unpaired) electrons. The molecule has 0 bridgehead atoms. The van der Waals surface area contributed by atoms with Crippen LogP contribution in [0.5, 0.6) is 0 Å². The molecule has 0 aromatic rings. The number of hydrogen-bond acceptors (Lipinski definition) is 3. The molecule has 0 aliphatic carbocycles. The van der Waals surface area contributed by atoms with E-state index in [9.17, 15) is 0 Å². The molecule has 84 valence electrons. The molecule has 0 saturated heterocycles. The summed E-state index contributed by atoms with van der Waals surface area (Å²) in [7, 11) is 0. The Hall–Kier alpha value is -0.380. The Balaban J connectivity index is 2.91. The molecule has 3 nitrogen and oxygen atoms in total. The third-order valence-electron chi connectivity index (χ3n) is 1.70.